The van der Waals surface area contributed by atoms with Crippen LogP contribution in [0.1, 0.15) is 51.7 Å². The number of nitrogens with one attached hydrogen (secondary N) is 1. The fourth-order valence-corrected chi connectivity index (χ4v) is 4.72. The van der Waals surface area contributed by atoms with Crippen molar-refractivity contribution in [1.29, 1.82) is 0 Å². The number of aryl methyl sites for hydroxylation is 2. The zero-order valence-corrected chi connectivity index (χ0v) is 22.8. The van der Waals surface area contributed by atoms with Gasteiger partial charge in [-0.25, -0.2) is 9.97 Å². The van der Waals surface area contributed by atoms with Crippen LogP contribution in [-0.2, 0) is 7.05 Å². The second-order valence-corrected chi connectivity index (χ2v) is 9.57. The van der Waals surface area contributed by atoms with Crippen LogP contribution >= 0.6 is 0 Å². The van der Waals surface area contributed by atoms with Crippen molar-refractivity contribution < 1.29 is 4.79 Å². The van der Waals surface area contributed by atoms with Gasteiger partial charge in [0.1, 0.15) is 11.4 Å². The van der Waals surface area contributed by atoms with Gasteiger partial charge < -0.3 is 5.32 Å². The third-order valence-electron chi connectivity index (χ3n) is 6.93. The van der Waals surface area contributed by atoms with Crippen molar-refractivity contribution in [2.75, 3.05) is 0 Å². The highest BCUT2D eigenvalue weighted by molar-refractivity contribution is 6.01. The Hall–Kier alpha value is -5.63. The molecule has 6 aromatic rings. The van der Waals surface area contributed by atoms with Crippen LogP contribution in [0.25, 0.3) is 22.2 Å². The van der Waals surface area contributed by atoms with Gasteiger partial charge in [-0.1, -0.05) is 36.1 Å². The Balaban J connectivity index is 1.48. The molecule has 0 spiro atoms. The number of benzene rings is 2. The van der Waals surface area contributed by atoms with Gasteiger partial charge in [0.25, 0.3) is 11.5 Å². The molecule has 11 nitrogen and oxygen atoms in total. The van der Waals surface area contributed by atoms with Gasteiger partial charge >= 0.3 is 0 Å². The number of hydrogen-bond acceptors (Lipinski definition) is 7. The molecule has 0 aliphatic carbocycles. The van der Waals surface area contributed by atoms with Crippen molar-refractivity contribution in [3.63, 3.8) is 0 Å². The minimum Gasteiger partial charge on any atom is -0.342 e. The fourth-order valence-electron chi connectivity index (χ4n) is 4.72. The Bertz CT molecular complexity index is 2080. The van der Waals surface area contributed by atoms with Gasteiger partial charge in [-0.3, -0.25) is 18.8 Å². The van der Waals surface area contributed by atoms with E-state index >= 15 is 0 Å². The second-order valence-electron chi connectivity index (χ2n) is 9.57. The van der Waals surface area contributed by atoms with Crippen molar-refractivity contribution in [3.8, 4) is 17.5 Å². The summed E-state index contributed by atoms with van der Waals surface area (Å²) in [6.07, 6.45) is 4.70. The highest BCUT2D eigenvalue weighted by Gasteiger charge is 2.24. The lowest BCUT2D eigenvalue weighted by Gasteiger charge is -2.20. The van der Waals surface area contributed by atoms with Crippen LogP contribution in [-0.4, -0.2) is 45.1 Å². The number of fused-ring (bicyclic) bond motifs is 2. The van der Waals surface area contributed by atoms with E-state index in [2.05, 4.69) is 37.4 Å². The Morgan fingerprint density at radius 3 is 2.51 bits per heavy atom. The van der Waals surface area contributed by atoms with E-state index in [1.807, 2.05) is 50.4 Å². The molecule has 4 aromatic heterocycles. The van der Waals surface area contributed by atoms with Gasteiger partial charge in [0.05, 0.1) is 52.0 Å². The number of para-hydroxylation sites is 1. The third-order valence-corrected chi connectivity index (χ3v) is 6.93. The molecule has 4 heterocycles. The monoisotopic (exact) mass is 543 g/mol. The molecule has 2 aromatic carbocycles. The van der Waals surface area contributed by atoms with Gasteiger partial charge in [-0.15, -0.1) is 4.63 Å². The predicted octanol–water partition coefficient (Wildman–Crippen LogP) is 3.06. The number of rotatable bonds is 4. The summed E-state index contributed by atoms with van der Waals surface area (Å²) in [5, 5.41) is 16.0. The first-order valence-corrected chi connectivity index (χ1v) is 12.9. The molecule has 41 heavy (non-hydrogen) atoms. The van der Waals surface area contributed by atoms with Gasteiger partial charge in [-0.05, 0) is 45.0 Å². The Morgan fingerprint density at radius 1 is 0.976 bits per heavy atom. The highest BCUT2D eigenvalue weighted by Crippen LogP contribution is 2.21. The van der Waals surface area contributed by atoms with Crippen LogP contribution in [0.2, 0.25) is 0 Å². The van der Waals surface area contributed by atoms with E-state index in [1.165, 1.54) is 21.6 Å². The summed E-state index contributed by atoms with van der Waals surface area (Å²) >= 11 is 0. The minimum absolute atomic E-state index is 0.289. The van der Waals surface area contributed by atoms with Crippen molar-refractivity contribution in [3.05, 3.63) is 111 Å². The molecule has 0 fully saturated rings. The van der Waals surface area contributed by atoms with E-state index in [0.29, 0.717) is 44.9 Å². The standard InChI is InChI=1S/C30H25N9O2/c1-18-25(28-31-15-16-32-39(28)36-18)29(40)34-19(2)27-35-24-12-8-9-21(13-14-22-17-33-37(4)20(22)3)26(24)30(41)38(27)23-10-6-5-7-11-23/h5-12,15-17,19H,1-4H3,(H,34,40)/t19-/m0/s1. The van der Waals surface area contributed by atoms with Crippen LogP contribution in [0.3, 0.4) is 0 Å². The van der Waals surface area contributed by atoms with E-state index in [9.17, 15) is 9.59 Å². The molecule has 0 radical (unpaired) electrons. The molecule has 1 N–H and O–H groups in total. The van der Waals surface area contributed by atoms with Gasteiger partial charge in [-0.2, -0.15) is 15.3 Å². The number of hydrogen-bond donors (Lipinski definition) is 1. The van der Waals surface area contributed by atoms with Crippen LogP contribution in [0.5, 0.6) is 0 Å². The summed E-state index contributed by atoms with van der Waals surface area (Å²) < 4.78 is 4.59. The van der Waals surface area contributed by atoms with Gasteiger partial charge in [0.2, 0.25) is 0 Å². The first-order valence-electron chi connectivity index (χ1n) is 12.9. The summed E-state index contributed by atoms with van der Waals surface area (Å²) in [6, 6.07) is 13.9. The molecule has 0 aliphatic heterocycles. The molecule has 0 saturated carbocycles. The van der Waals surface area contributed by atoms with Gasteiger partial charge in [0.15, 0.2) is 5.65 Å². The molecular formula is C30H25N9O2. The lowest BCUT2D eigenvalue weighted by Crippen LogP contribution is -2.33. The zero-order valence-electron chi connectivity index (χ0n) is 22.8. The van der Waals surface area contributed by atoms with Crippen molar-refractivity contribution in [2.24, 2.45) is 7.05 Å². The second kappa shape index (κ2) is 10.2. The highest BCUT2D eigenvalue weighted by atomic mass is 16.2. The smallest absolute Gasteiger partial charge is 0.267 e. The summed E-state index contributed by atoms with van der Waals surface area (Å²) in [5.41, 5.74) is 4.20. The maximum Gasteiger partial charge on any atom is 0.267 e. The van der Waals surface area contributed by atoms with E-state index in [1.54, 1.807) is 36.9 Å². The van der Waals surface area contributed by atoms with Crippen LogP contribution < -0.4 is 10.9 Å². The average Bonchev–Trinajstić information content (AvgIpc) is 3.49. The summed E-state index contributed by atoms with van der Waals surface area (Å²) in [5.74, 6) is 6.27. The molecule has 6 rings (SSSR count). The van der Waals surface area contributed by atoms with E-state index < -0.39 is 11.9 Å². The SMILES string of the molecule is Cc1nn2nccnc2c1C(=O)N[C@@H](C)c1nc2cccc(C#Cc3cnn(C)c3C)c2c(=O)n1-c1ccccc1. The number of carbonyl (C=O) groups excluding carboxylic acids is 1. The number of nitrogens with zero attached hydrogens (tertiary/aromatic N) is 8. The van der Waals surface area contributed by atoms with Gasteiger partial charge in [0, 0.05) is 18.8 Å². The largest absolute Gasteiger partial charge is 0.342 e. The quantitative estimate of drug-likeness (QED) is 0.339. The van der Waals surface area contributed by atoms with Crippen LogP contribution in [0.4, 0.5) is 0 Å². The molecule has 0 unspecified atom stereocenters. The molecule has 202 valence electrons. The molecule has 1 amide bonds. The first kappa shape index (κ1) is 25.6. The number of amides is 1. The topological polar surface area (TPSA) is 125 Å². The van der Waals surface area contributed by atoms with E-state index in [-0.39, 0.29) is 5.56 Å². The fraction of sp³-hybridized carbons (Fsp3) is 0.167. The molecule has 0 aliphatic rings. The average molecular weight is 544 g/mol. The lowest BCUT2D eigenvalue weighted by atomic mass is 10.1. The number of aromatic nitrogens is 8. The summed E-state index contributed by atoms with van der Waals surface area (Å²) in [6.45, 7) is 5.44. The van der Waals surface area contributed by atoms with E-state index in [4.69, 9.17) is 4.98 Å². The van der Waals surface area contributed by atoms with Crippen molar-refractivity contribution in [2.45, 2.75) is 26.8 Å². The minimum atomic E-state index is -0.654. The van der Waals surface area contributed by atoms with Crippen molar-refractivity contribution >= 4 is 22.5 Å². The molecular weight excluding hydrogens is 518 g/mol. The van der Waals surface area contributed by atoms with E-state index in [0.717, 1.165) is 11.3 Å². The summed E-state index contributed by atoms with van der Waals surface area (Å²) in [4.78, 5) is 36.8. The number of carbonyl (C=O) groups is 1. The Kier molecular flexibility index (Phi) is 6.35. The normalized spacial score (nSPS) is 11.8. The van der Waals surface area contributed by atoms with Crippen molar-refractivity contribution in [1.82, 2.24) is 44.5 Å². The van der Waals surface area contributed by atoms with Crippen LogP contribution in [0, 0.1) is 25.7 Å². The maximum absolute atomic E-state index is 14.2. The Morgan fingerprint density at radius 2 is 1.76 bits per heavy atom. The molecule has 0 saturated heterocycles. The maximum atomic E-state index is 14.2. The molecule has 0 bridgehead atoms. The van der Waals surface area contributed by atoms with Crippen LogP contribution in [0.15, 0.2) is 71.9 Å². The summed E-state index contributed by atoms with van der Waals surface area (Å²) in [7, 11) is 1.85. The first-order chi connectivity index (χ1) is 19.8. The molecule has 11 heteroatoms. The third kappa shape index (κ3) is 4.51. The molecule has 1 atom stereocenters. The predicted molar refractivity (Wildman–Crippen MR) is 153 cm³/mol. The zero-order chi connectivity index (χ0) is 28.7. The Labute approximate surface area is 234 Å². The lowest BCUT2D eigenvalue weighted by molar-refractivity contribution is 0.0938.